The van der Waals surface area contributed by atoms with E-state index in [1.807, 2.05) is 6.08 Å². The third-order valence-corrected chi connectivity index (χ3v) is 4.19. The predicted molar refractivity (Wildman–Crippen MR) is 82.8 cm³/mol. The zero-order valence-electron chi connectivity index (χ0n) is 11.4. The molecule has 0 saturated heterocycles. The highest BCUT2D eigenvalue weighted by molar-refractivity contribution is 9.10. The molecule has 2 aromatic rings. The normalized spacial score (nSPS) is 15.1. The Morgan fingerprint density at radius 3 is 2.90 bits per heavy atom. The van der Waals surface area contributed by atoms with Gasteiger partial charge in [-0.25, -0.2) is 9.18 Å². The molecule has 4 nitrogen and oxygen atoms in total. The quantitative estimate of drug-likeness (QED) is 0.815. The molecule has 0 bridgehead atoms. The largest absolute Gasteiger partial charge is 0.465 e. The molecule has 1 aromatic heterocycles. The van der Waals surface area contributed by atoms with Crippen LogP contribution in [-0.2, 0) is 4.74 Å². The van der Waals surface area contributed by atoms with Crippen LogP contribution in [-0.4, -0.2) is 31.2 Å². The van der Waals surface area contributed by atoms with E-state index in [-0.39, 0.29) is 5.82 Å². The Labute approximate surface area is 129 Å². The number of halogens is 2. The smallest absolute Gasteiger partial charge is 0.337 e. The molecule has 6 heteroatoms. The monoisotopic (exact) mass is 352 g/mol. The second-order valence-corrected chi connectivity index (χ2v) is 5.74. The van der Waals surface area contributed by atoms with Gasteiger partial charge >= 0.3 is 5.97 Å². The molecule has 0 atom stereocenters. The number of aromatic amines is 1. The van der Waals surface area contributed by atoms with Crippen molar-refractivity contribution in [1.82, 2.24) is 10.3 Å². The summed E-state index contributed by atoms with van der Waals surface area (Å²) in [7, 11) is 1.30. The molecule has 0 aliphatic carbocycles. The molecule has 0 saturated carbocycles. The van der Waals surface area contributed by atoms with Gasteiger partial charge in [-0.3, -0.25) is 0 Å². The fourth-order valence-corrected chi connectivity index (χ4v) is 3.07. The Bertz CT molecular complexity index is 752. The SMILES string of the molecule is COC(=O)c1cc(Br)c2[nH]c(C3=CCCNC3)c(F)c2c1. The summed E-state index contributed by atoms with van der Waals surface area (Å²) in [5.41, 5.74) is 2.33. The minimum atomic E-state index is -0.488. The van der Waals surface area contributed by atoms with Crippen LogP contribution in [0.2, 0.25) is 0 Å². The van der Waals surface area contributed by atoms with Crippen LogP contribution in [0.4, 0.5) is 4.39 Å². The van der Waals surface area contributed by atoms with Crippen LogP contribution in [0.25, 0.3) is 16.5 Å². The van der Waals surface area contributed by atoms with Crippen molar-refractivity contribution in [3.63, 3.8) is 0 Å². The van der Waals surface area contributed by atoms with Gasteiger partial charge < -0.3 is 15.0 Å². The number of hydrogen-bond donors (Lipinski definition) is 2. The van der Waals surface area contributed by atoms with Gasteiger partial charge in [-0.05, 0) is 46.6 Å². The molecule has 110 valence electrons. The topological polar surface area (TPSA) is 54.1 Å². The van der Waals surface area contributed by atoms with Crippen molar-refractivity contribution in [3.8, 4) is 0 Å². The fraction of sp³-hybridized carbons (Fsp3) is 0.267. The van der Waals surface area contributed by atoms with E-state index in [2.05, 4.69) is 31.0 Å². The molecule has 0 unspecified atom stereocenters. The van der Waals surface area contributed by atoms with Crippen molar-refractivity contribution >= 4 is 38.4 Å². The van der Waals surface area contributed by atoms with Crippen molar-refractivity contribution in [2.45, 2.75) is 6.42 Å². The first-order valence-corrected chi connectivity index (χ1v) is 7.40. The number of esters is 1. The molecule has 0 fully saturated rings. The maximum absolute atomic E-state index is 14.7. The van der Waals surface area contributed by atoms with Crippen LogP contribution in [0.5, 0.6) is 0 Å². The molecular weight excluding hydrogens is 339 g/mol. The lowest BCUT2D eigenvalue weighted by Gasteiger charge is -2.12. The molecule has 0 amide bonds. The number of rotatable bonds is 2. The summed E-state index contributed by atoms with van der Waals surface area (Å²) in [5, 5.41) is 3.60. The summed E-state index contributed by atoms with van der Waals surface area (Å²) >= 11 is 3.38. The van der Waals surface area contributed by atoms with Gasteiger partial charge in [0.15, 0.2) is 5.82 Å². The van der Waals surface area contributed by atoms with Crippen LogP contribution in [0, 0.1) is 5.82 Å². The standard InChI is InChI=1S/C15H14BrFN2O2/c1-21-15(20)9-5-10-12(17)13(8-3-2-4-18-7-8)19-14(10)11(16)6-9/h3,5-6,18-19H,2,4,7H2,1H3. The third-order valence-electron chi connectivity index (χ3n) is 3.57. The van der Waals surface area contributed by atoms with E-state index in [9.17, 15) is 9.18 Å². The number of fused-ring (bicyclic) bond motifs is 1. The Hall–Kier alpha value is -1.66. The maximum atomic E-state index is 14.7. The molecule has 2 N–H and O–H groups in total. The molecule has 1 aliphatic heterocycles. The summed E-state index contributed by atoms with van der Waals surface area (Å²) in [6.07, 6.45) is 2.90. The number of nitrogens with one attached hydrogen (secondary N) is 2. The molecule has 21 heavy (non-hydrogen) atoms. The zero-order valence-corrected chi connectivity index (χ0v) is 13.0. The van der Waals surface area contributed by atoms with E-state index in [1.54, 1.807) is 6.07 Å². The summed E-state index contributed by atoms with van der Waals surface area (Å²) in [4.78, 5) is 14.7. The van der Waals surface area contributed by atoms with E-state index in [0.717, 1.165) is 18.5 Å². The van der Waals surface area contributed by atoms with Gasteiger partial charge in [-0.15, -0.1) is 0 Å². The average Bonchev–Trinajstić information content (AvgIpc) is 2.85. The number of benzene rings is 1. The van der Waals surface area contributed by atoms with E-state index in [0.29, 0.717) is 33.2 Å². The number of hydrogen-bond acceptors (Lipinski definition) is 3. The molecule has 0 radical (unpaired) electrons. The van der Waals surface area contributed by atoms with Gasteiger partial charge in [0, 0.05) is 16.4 Å². The lowest BCUT2D eigenvalue weighted by atomic mass is 10.1. The van der Waals surface area contributed by atoms with Crippen LogP contribution in [0.1, 0.15) is 22.5 Å². The highest BCUT2D eigenvalue weighted by Gasteiger charge is 2.20. The minimum Gasteiger partial charge on any atom is -0.465 e. The highest BCUT2D eigenvalue weighted by atomic mass is 79.9. The van der Waals surface area contributed by atoms with Crippen LogP contribution in [0.15, 0.2) is 22.7 Å². The maximum Gasteiger partial charge on any atom is 0.337 e. The van der Waals surface area contributed by atoms with Gasteiger partial charge in [0.2, 0.25) is 0 Å². The van der Waals surface area contributed by atoms with Crippen molar-refractivity contribution in [1.29, 1.82) is 0 Å². The predicted octanol–water partition coefficient (Wildman–Crippen LogP) is 3.23. The Kier molecular flexibility index (Phi) is 3.82. The Balaban J connectivity index is 2.17. The van der Waals surface area contributed by atoms with Gasteiger partial charge in [-0.1, -0.05) is 6.08 Å². The van der Waals surface area contributed by atoms with Gasteiger partial charge in [0.1, 0.15) is 0 Å². The van der Waals surface area contributed by atoms with Crippen LogP contribution in [0.3, 0.4) is 0 Å². The second kappa shape index (κ2) is 5.61. The van der Waals surface area contributed by atoms with Gasteiger partial charge in [-0.2, -0.15) is 0 Å². The highest BCUT2D eigenvalue weighted by Crippen LogP contribution is 2.32. The molecule has 3 rings (SSSR count). The van der Waals surface area contributed by atoms with Crippen LogP contribution >= 0.6 is 15.9 Å². The first-order chi connectivity index (χ1) is 10.1. The lowest BCUT2D eigenvalue weighted by molar-refractivity contribution is 0.0601. The van der Waals surface area contributed by atoms with Crippen molar-refractivity contribution in [2.24, 2.45) is 0 Å². The summed E-state index contributed by atoms with van der Waals surface area (Å²) in [6.45, 7) is 1.53. The fourth-order valence-electron chi connectivity index (χ4n) is 2.51. The summed E-state index contributed by atoms with van der Waals surface area (Å²) in [5.74, 6) is -0.829. The van der Waals surface area contributed by atoms with Gasteiger partial charge in [0.25, 0.3) is 0 Å². The molecule has 1 aromatic carbocycles. The molecule has 0 spiro atoms. The average molecular weight is 353 g/mol. The van der Waals surface area contributed by atoms with Gasteiger partial charge in [0.05, 0.1) is 23.9 Å². The third kappa shape index (κ3) is 2.49. The van der Waals surface area contributed by atoms with Crippen molar-refractivity contribution < 1.29 is 13.9 Å². The van der Waals surface area contributed by atoms with E-state index in [4.69, 9.17) is 0 Å². The van der Waals surface area contributed by atoms with E-state index in [1.165, 1.54) is 13.2 Å². The first kappa shape index (κ1) is 14.3. The Morgan fingerprint density at radius 2 is 2.24 bits per heavy atom. The number of carbonyl (C=O) groups is 1. The number of H-pyrrole nitrogens is 1. The summed E-state index contributed by atoms with van der Waals surface area (Å²) in [6, 6.07) is 3.14. The molecular formula is C15H14BrFN2O2. The second-order valence-electron chi connectivity index (χ2n) is 4.88. The molecule has 2 heterocycles. The Morgan fingerprint density at radius 1 is 1.43 bits per heavy atom. The van der Waals surface area contributed by atoms with Crippen LogP contribution < -0.4 is 5.32 Å². The van der Waals surface area contributed by atoms with E-state index >= 15 is 0 Å². The first-order valence-electron chi connectivity index (χ1n) is 6.61. The van der Waals surface area contributed by atoms with Crippen molar-refractivity contribution in [3.05, 3.63) is 39.8 Å². The van der Waals surface area contributed by atoms with Crippen molar-refractivity contribution in [2.75, 3.05) is 20.2 Å². The lowest BCUT2D eigenvalue weighted by Crippen LogP contribution is -2.21. The summed E-state index contributed by atoms with van der Waals surface area (Å²) < 4.78 is 20.0. The number of carbonyl (C=O) groups excluding carboxylic acids is 1. The molecule has 1 aliphatic rings. The zero-order chi connectivity index (χ0) is 15.0. The minimum absolute atomic E-state index is 0.317. The van der Waals surface area contributed by atoms with E-state index < -0.39 is 5.97 Å². The number of aromatic nitrogens is 1. The number of methoxy groups -OCH3 is 1. The number of ether oxygens (including phenoxy) is 1.